The summed E-state index contributed by atoms with van der Waals surface area (Å²) in [6, 6.07) is 14.1. The minimum Gasteiger partial charge on any atom is -0.352 e. The first-order valence-corrected chi connectivity index (χ1v) is 8.70. The molecule has 3 amide bonds. The maximum absolute atomic E-state index is 11.9. The van der Waals surface area contributed by atoms with Gasteiger partial charge < -0.3 is 16.4 Å². The summed E-state index contributed by atoms with van der Waals surface area (Å²) in [6.45, 7) is 0.402. The Kier molecular flexibility index (Phi) is 6.96. The van der Waals surface area contributed by atoms with Crippen LogP contribution in [-0.2, 0) is 11.3 Å². The smallest absolute Gasteiger partial charge is 0.316 e. The molecule has 0 saturated carbocycles. The number of nitrogens with one attached hydrogen (secondary N) is 2. The van der Waals surface area contributed by atoms with Gasteiger partial charge in [-0.15, -0.1) is 11.8 Å². The number of benzene rings is 2. The molecule has 0 saturated heterocycles. The normalized spacial score (nSPS) is 10.2. The van der Waals surface area contributed by atoms with Crippen molar-refractivity contribution in [1.29, 1.82) is 0 Å². The predicted molar refractivity (Wildman–Crippen MR) is 98.3 cm³/mol. The minimum absolute atomic E-state index is 0.0234. The fourth-order valence-electron chi connectivity index (χ4n) is 1.98. The molecule has 2 rings (SSSR count). The van der Waals surface area contributed by atoms with Crippen molar-refractivity contribution < 1.29 is 9.59 Å². The van der Waals surface area contributed by atoms with E-state index in [-0.39, 0.29) is 5.91 Å². The standard InChI is InChI=1S/C17H18ClN3O2S/c18-13-4-6-15(7-5-13)24-9-8-16(22)20-11-12-2-1-3-14(10-12)21-17(19)23/h1-7,10H,8-9,11H2,(H,20,22)(H3,19,21,23). The van der Waals surface area contributed by atoms with Crippen molar-refractivity contribution in [2.75, 3.05) is 11.1 Å². The highest BCUT2D eigenvalue weighted by atomic mass is 35.5. The van der Waals surface area contributed by atoms with Gasteiger partial charge in [-0.1, -0.05) is 23.7 Å². The van der Waals surface area contributed by atoms with E-state index in [9.17, 15) is 9.59 Å². The lowest BCUT2D eigenvalue weighted by Crippen LogP contribution is -2.23. The van der Waals surface area contributed by atoms with Crippen LogP contribution >= 0.6 is 23.4 Å². The number of primary amides is 1. The molecule has 0 fully saturated rings. The zero-order valence-corrected chi connectivity index (χ0v) is 14.5. The SMILES string of the molecule is NC(=O)Nc1cccc(CNC(=O)CCSc2ccc(Cl)cc2)c1. The average Bonchev–Trinajstić information content (AvgIpc) is 2.54. The van der Waals surface area contributed by atoms with Crippen LogP contribution < -0.4 is 16.4 Å². The molecule has 126 valence electrons. The first-order chi connectivity index (χ1) is 11.5. The summed E-state index contributed by atoms with van der Waals surface area (Å²) < 4.78 is 0. The number of carbonyl (C=O) groups is 2. The molecule has 7 heteroatoms. The molecule has 0 heterocycles. The largest absolute Gasteiger partial charge is 0.352 e. The number of amides is 3. The Hall–Kier alpha value is -2.18. The number of nitrogens with two attached hydrogens (primary N) is 1. The van der Waals surface area contributed by atoms with E-state index in [1.165, 1.54) is 0 Å². The van der Waals surface area contributed by atoms with Crippen molar-refractivity contribution >= 4 is 41.0 Å². The molecule has 0 spiro atoms. The molecule has 0 unspecified atom stereocenters. The molecule has 24 heavy (non-hydrogen) atoms. The maximum Gasteiger partial charge on any atom is 0.316 e. The highest BCUT2D eigenvalue weighted by Gasteiger charge is 2.04. The Balaban J connectivity index is 1.73. The minimum atomic E-state index is -0.615. The van der Waals surface area contributed by atoms with Crippen LogP contribution in [0, 0.1) is 0 Å². The fourth-order valence-corrected chi connectivity index (χ4v) is 2.96. The van der Waals surface area contributed by atoms with Crippen LogP contribution in [0.4, 0.5) is 10.5 Å². The summed E-state index contributed by atoms with van der Waals surface area (Å²) in [7, 11) is 0. The molecule has 0 aromatic heterocycles. The van der Waals surface area contributed by atoms with E-state index >= 15 is 0 Å². The zero-order chi connectivity index (χ0) is 17.4. The Morgan fingerprint density at radius 2 is 1.88 bits per heavy atom. The Labute approximate surface area is 150 Å². The second kappa shape index (κ2) is 9.20. The zero-order valence-electron chi connectivity index (χ0n) is 12.9. The predicted octanol–water partition coefficient (Wildman–Crippen LogP) is 3.63. The second-order valence-corrected chi connectivity index (χ2v) is 6.62. The lowest BCUT2D eigenvalue weighted by Gasteiger charge is -2.08. The van der Waals surface area contributed by atoms with Gasteiger partial charge >= 0.3 is 6.03 Å². The number of hydrogen-bond acceptors (Lipinski definition) is 3. The number of urea groups is 1. The first kappa shape index (κ1) is 18.2. The van der Waals surface area contributed by atoms with Crippen LogP contribution in [0.15, 0.2) is 53.4 Å². The number of rotatable bonds is 7. The van der Waals surface area contributed by atoms with Gasteiger partial charge in [0.15, 0.2) is 0 Å². The highest BCUT2D eigenvalue weighted by molar-refractivity contribution is 7.99. The van der Waals surface area contributed by atoms with Crippen molar-refractivity contribution in [2.45, 2.75) is 17.9 Å². The van der Waals surface area contributed by atoms with Gasteiger partial charge in [0, 0.05) is 34.3 Å². The molecule has 0 radical (unpaired) electrons. The second-order valence-electron chi connectivity index (χ2n) is 5.02. The van der Waals surface area contributed by atoms with Crippen molar-refractivity contribution in [3.05, 3.63) is 59.1 Å². The summed E-state index contributed by atoms with van der Waals surface area (Å²) in [4.78, 5) is 23.8. The van der Waals surface area contributed by atoms with Gasteiger partial charge in [0.1, 0.15) is 0 Å². The number of hydrogen-bond donors (Lipinski definition) is 3. The Morgan fingerprint density at radius 1 is 1.12 bits per heavy atom. The molecule has 0 aliphatic heterocycles. The summed E-state index contributed by atoms with van der Waals surface area (Å²) in [6.07, 6.45) is 0.423. The monoisotopic (exact) mass is 363 g/mol. The number of halogens is 1. The van der Waals surface area contributed by atoms with Crippen LogP contribution in [0.2, 0.25) is 5.02 Å². The van der Waals surface area contributed by atoms with Crippen LogP contribution in [0.25, 0.3) is 0 Å². The van der Waals surface area contributed by atoms with E-state index in [1.807, 2.05) is 30.3 Å². The maximum atomic E-state index is 11.9. The van der Waals surface area contributed by atoms with Gasteiger partial charge in [-0.2, -0.15) is 0 Å². The Bertz CT molecular complexity index is 707. The van der Waals surface area contributed by atoms with Gasteiger partial charge in [0.25, 0.3) is 0 Å². The van der Waals surface area contributed by atoms with Gasteiger partial charge in [-0.05, 0) is 42.0 Å². The Morgan fingerprint density at radius 3 is 2.58 bits per heavy atom. The quantitative estimate of drug-likeness (QED) is 0.657. The molecule has 2 aromatic carbocycles. The number of anilines is 1. The lowest BCUT2D eigenvalue weighted by atomic mass is 10.2. The summed E-state index contributed by atoms with van der Waals surface area (Å²) in [5, 5.41) is 6.06. The van der Waals surface area contributed by atoms with Gasteiger partial charge in [-0.25, -0.2) is 4.79 Å². The summed E-state index contributed by atoms with van der Waals surface area (Å²) in [5.74, 6) is 0.668. The third-order valence-electron chi connectivity index (χ3n) is 3.10. The molecular weight excluding hydrogens is 346 g/mol. The topological polar surface area (TPSA) is 84.2 Å². The molecule has 0 atom stereocenters. The molecule has 2 aromatic rings. The third-order valence-corrected chi connectivity index (χ3v) is 4.36. The number of carbonyl (C=O) groups excluding carboxylic acids is 2. The third kappa shape index (κ3) is 6.52. The first-order valence-electron chi connectivity index (χ1n) is 7.33. The van der Waals surface area contributed by atoms with Crippen molar-refractivity contribution in [3.8, 4) is 0 Å². The van der Waals surface area contributed by atoms with Crippen LogP contribution in [0.5, 0.6) is 0 Å². The van der Waals surface area contributed by atoms with E-state index in [1.54, 1.807) is 30.0 Å². The molecule has 0 aliphatic carbocycles. The van der Waals surface area contributed by atoms with Crippen molar-refractivity contribution in [2.24, 2.45) is 5.73 Å². The van der Waals surface area contributed by atoms with E-state index in [4.69, 9.17) is 17.3 Å². The van der Waals surface area contributed by atoms with Crippen LogP contribution in [-0.4, -0.2) is 17.7 Å². The van der Waals surface area contributed by atoms with E-state index in [2.05, 4.69) is 10.6 Å². The fraction of sp³-hybridized carbons (Fsp3) is 0.176. The molecule has 0 aliphatic rings. The van der Waals surface area contributed by atoms with E-state index in [0.29, 0.717) is 29.4 Å². The van der Waals surface area contributed by atoms with Crippen LogP contribution in [0.1, 0.15) is 12.0 Å². The van der Waals surface area contributed by atoms with Gasteiger partial charge in [-0.3, -0.25) is 4.79 Å². The lowest BCUT2D eigenvalue weighted by molar-refractivity contribution is -0.120. The van der Waals surface area contributed by atoms with Crippen molar-refractivity contribution in [3.63, 3.8) is 0 Å². The molecule has 0 bridgehead atoms. The molecule has 4 N–H and O–H groups in total. The summed E-state index contributed by atoms with van der Waals surface area (Å²) >= 11 is 7.44. The van der Waals surface area contributed by atoms with Gasteiger partial charge in [0.05, 0.1) is 0 Å². The van der Waals surface area contributed by atoms with Gasteiger partial charge in [0.2, 0.25) is 5.91 Å². The summed E-state index contributed by atoms with van der Waals surface area (Å²) in [5.41, 5.74) is 6.57. The molecule has 5 nitrogen and oxygen atoms in total. The van der Waals surface area contributed by atoms with Crippen molar-refractivity contribution in [1.82, 2.24) is 5.32 Å². The molecular formula is C17H18ClN3O2S. The number of thioether (sulfide) groups is 1. The van der Waals surface area contributed by atoms with E-state index in [0.717, 1.165) is 10.5 Å². The average molecular weight is 364 g/mol. The van der Waals surface area contributed by atoms with Crippen LogP contribution in [0.3, 0.4) is 0 Å². The highest BCUT2D eigenvalue weighted by Crippen LogP contribution is 2.20. The van der Waals surface area contributed by atoms with E-state index < -0.39 is 6.03 Å².